The molecule has 1 fully saturated rings. The van der Waals surface area contributed by atoms with Crippen molar-refractivity contribution in [1.82, 2.24) is 4.98 Å². The van der Waals surface area contributed by atoms with Crippen molar-refractivity contribution in [2.45, 2.75) is 62.0 Å². The van der Waals surface area contributed by atoms with E-state index in [9.17, 15) is 0 Å². The Bertz CT molecular complexity index is 1670. The van der Waals surface area contributed by atoms with Crippen LogP contribution in [0.4, 0.5) is 0 Å². The molecule has 1 aliphatic carbocycles. The number of fused-ring (bicyclic) bond motifs is 2. The zero-order valence-corrected chi connectivity index (χ0v) is 23.9. The summed E-state index contributed by atoms with van der Waals surface area (Å²) in [6, 6.07) is 22.2. The summed E-state index contributed by atoms with van der Waals surface area (Å²) >= 11 is 1.85. The molecule has 2 aliphatic heterocycles. The first-order valence-electron chi connectivity index (χ1n) is 13.8. The summed E-state index contributed by atoms with van der Waals surface area (Å²) in [4.78, 5) is 7.25. The molecule has 1 unspecified atom stereocenters. The highest BCUT2D eigenvalue weighted by Crippen LogP contribution is 2.49. The van der Waals surface area contributed by atoms with Crippen molar-refractivity contribution < 1.29 is 9.31 Å². The van der Waals surface area contributed by atoms with Gasteiger partial charge in [0.1, 0.15) is 0 Å². The second kappa shape index (κ2) is 8.95. The Morgan fingerprint density at radius 2 is 1.49 bits per heavy atom. The summed E-state index contributed by atoms with van der Waals surface area (Å²) in [6.45, 7) is 10.7. The van der Waals surface area contributed by atoms with E-state index in [4.69, 9.17) is 9.31 Å². The predicted octanol–water partition coefficient (Wildman–Crippen LogP) is 9.01. The van der Waals surface area contributed by atoms with E-state index in [0.717, 1.165) is 6.42 Å². The minimum absolute atomic E-state index is 0.274. The molecule has 0 radical (unpaired) electrons. The number of hydrogen-bond acceptors (Lipinski definition) is 4. The number of aromatic nitrogens is 1. The molecule has 0 saturated carbocycles. The second-order valence-corrected chi connectivity index (χ2v) is 13.0. The van der Waals surface area contributed by atoms with E-state index in [1.165, 1.54) is 59.4 Å². The second-order valence-electron chi connectivity index (χ2n) is 12.0. The van der Waals surface area contributed by atoms with Gasteiger partial charge in [0.15, 0.2) is 0 Å². The third-order valence-corrected chi connectivity index (χ3v) is 10.1. The lowest BCUT2D eigenvalue weighted by Crippen LogP contribution is -2.41. The number of hydrogen-bond donors (Lipinski definition) is 0. The molecular weight excluding hydrogens is 497 g/mol. The van der Waals surface area contributed by atoms with Gasteiger partial charge < -0.3 is 9.31 Å². The van der Waals surface area contributed by atoms with E-state index in [-0.39, 0.29) is 18.3 Å². The zero-order valence-electron chi connectivity index (χ0n) is 23.1. The Morgan fingerprint density at radius 1 is 0.769 bits per heavy atom. The quantitative estimate of drug-likeness (QED) is 0.218. The van der Waals surface area contributed by atoms with Crippen LogP contribution in [0.25, 0.3) is 38.6 Å². The van der Waals surface area contributed by atoms with Gasteiger partial charge in [0.25, 0.3) is 0 Å². The van der Waals surface area contributed by atoms with Crippen molar-refractivity contribution in [3.05, 3.63) is 96.2 Å². The number of rotatable bonds is 3. The summed E-state index contributed by atoms with van der Waals surface area (Å²) < 4.78 is 12.6. The van der Waals surface area contributed by atoms with Crippen LogP contribution in [0.1, 0.15) is 46.6 Å². The molecule has 3 aliphatic rings. The fraction of sp³-hybridized carbons (Fsp3) is 0.265. The fourth-order valence-corrected chi connectivity index (χ4v) is 7.11. The van der Waals surface area contributed by atoms with Crippen LogP contribution >= 0.6 is 11.8 Å². The summed E-state index contributed by atoms with van der Waals surface area (Å²) in [5.41, 5.74) is 8.13. The highest BCUT2D eigenvalue weighted by molar-refractivity contribution is 7.99. The Labute approximate surface area is 235 Å². The average molecular weight is 530 g/mol. The van der Waals surface area contributed by atoms with E-state index in [0.29, 0.717) is 5.92 Å². The van der Waals surface area contributed by atoms with E-state index < -0.39 is 0 Å². The molecule has 194 valence electrons. The van der Waals surface area contributed by atoms with Crippen LogP contribution in [-0.2, 0) is 9.31 Å². The van der Waals surface area contributed by atoms with Gasteiger partial charge in [-0.15, -0.1) is 0 Å². The van der Waals surface area contributed by atoms with Crippen molar-refractivity contribution >= 4 is 35.2 Å². The standard InChI is InChI=1S/C34H32BNO2S/c1-21-18-24(35-37-33(2,3)34(4,5)38-35)14-15-25(21)22-10-12-23(13-11-22)26-16-17-31-32-28(26)19-36-20-29(32)27-8-6-7-9-30(27)39-31/h6-17,19-21H,18H2,1-5H3. The monoisotopic (exact) mass is 529 g/mol. The normalized spacial score (nSPS) is 20.9. The van der Waals surface area contributed by atoms with E-state index in [1.54, 1.807) is 0 Å². The van der Waals surface area contributed by atoms with Gasteiger partial charge in [-0.2, -0.15) is 0 Å². The van der Waals surface area contributed by atoms with E-state index in [2.05, 4.69) is 112 Å². The van der Waals surface area contributed by atoms with E-state index >= 15 is 0 Å². The maximum Gasteiger partial charge on any atom is 0.490 e. The topological polar surface area (TPSA) is 31.4 Å². The Morgan fingerprint density at radius 3 is 2.23 bits per heavy atom. The van der Waals surface area contributed by atoms with Gasteiger partial charge in [0.05, 0.1) is 11.2 Å². The van der Waals surface area contributed by atoms with Crippen LogP contribution in [0.2, 0.25) is 0 Å². The van der Waals surface area contributed by atoms with Crippen molar-refractivity contribution in [2.24, 2.45) is 5.92 Å². The maximum atomic E-state index is 6.31. The average Bonchev–Trinajstić information content (AvgIpc) is 3.15. The van der Waals surface area contributed by atoms with Crippen molar-refractivity contribution in [3.63, 3.8) is 0 Å². The van der Waals surface area contributed by atoms with Crippen LogP contribution in [0.15, 0.2) is 100 Å². The van der Waals surface area contributed by atoms with Crippen molar-refractivity contribution in [2.75, 3.05) is 0 Å². The molecule has 5 heteroatoms. The molecule has 0 amide bonds. The molecule has 0 N–H and O–H groups in total. The van der Waals surface area contributed by atoms with Gasteiger partial charge in [0.2, 0.25) is 0 Å². The smallest absolute Gasteiger partial charge is 0.400 e. The first-order valence-corrected chi connectivity index (χ1v) is 14.6. The molecule has 3 heterocycles. The van der Waals surface area contributed by atoms with Crippen LogP contribution in [0.3, 0.4) is 0 Å². The summed E-state index contributed by atoms with van der Waals surface area (Å²) in [5, 5.41) is 2.51. The Hall–Kier alpha value is -3.12. The van der Waals surface area contributed by atoms with Crippen LogP contribution in [0, 0.1) is 5.92 Å². The van der Waals surface area contributed by atoms with Crippen molar-refractivity contribution in [1.29, 1.82) is 0 Å². The van der Waals surface area contributed by atoms with Gasteiger partial charge in [-0.25, -0.2) is 0 Å². The van der Waals surface area contributed by atoms with Gasteiger partial charge in [0, 0.05) is 38.5 Å². The lowest BCUT2D eigenvalue weighted by Gasteiger charge is -2.32. The first kappa shape index (κ1) is 24.9. The largest absolute Gasteiger partial charge is 0.490 e. The molecule has 0 bridgehead atoms. The van der Waals surface area contributed by atoms with E-state index in [1.807, 2.05) is 24.2 Å². The van der Waals surface area contributed by atoms with Crippen molar-refractivity contribution in [3.8, 4) is 22.3 Å². The number of pyridine rings is 1. The highest BCUT2D eigenvalue weighted by Gasteiger charge is 2.52. The SMILES string of the molecule is CC1CC(B2OC(C)(C)C(C)(C)O2)=CC=C1c1ccc(-c2ccc3c4c(cncc24)-c2ccccc2S3)cc1. The first-order chi connectivity index (χ1) is 18.7. The molecule has 0 spiro atoms. The van der Waals surface area contributed by atoms with Gasteiger partial charge in [-0.05, 0) is 85.5 Å². The molecule has 1 atom stereocenters. The number of allylic oxidation sites excluding steroid dienone is 4. The van der Waals surface area contributed by atoms with Gasteiger partial charge >= 0.3 is 7.12 Å². The predicted molar refractivity (Wildman–Crippen MR) is 163 cm³/mol. The minimum atomic E-state index is -0.319. The molecule has 39 heavy (non-hydrogen) atoms. The fourth-order valence-electron chi connectivity index (χ4n) is 5.98. The molecule has 4 aromatic rings. The molecule has 3 nitrogen and oxygen atoms in total. The lowest BCUT2D eigenvalue weighted by atomic mass is 9.69. The minimum Gasteiger partial charge on any atom is -0.400 e. The highest BCUT2D eigenvalue weighted by atomic mass is 32.2. The molecule has 7 rings (SSSR count). The Kier molecular flexibility index (Phi) is 5.71. The Balaban J connectivity index is 1.20. The molecule has 1 saturated heterocycles. The van der Waals surface area contributed by atoms with Crippen LogP contribution < -0.4 is 0 Å². The summed E-state index contributed by atoms with van der Waals surface area (Å²) in [6.07, 6.45) is 9.43. The number of benzene rings is 3. The van der Waals surface area contributed by atoms with Crippen LogP contribution in [0.5, 0.6) is 0 Å². The lowest BCUT2D eigenvalue weighted by molar-refractivity contribution is 0.00578. The molecule has 3 aromatic carbocycles. The van der Waals surface area contributed by atoms with Gasteiger partial charge in [-0.3, -0.25) is 4.98 Å². The molecule has 1 aromatic heterocycles. The summed E-state index contributed by atoms with van der Waals surface area (Å²) in [5.74, 6) is 0.386. The molecular formula is C34H32BNO2S. The van der Waals surface area contributed by atoms with Crippen LogP contribution in [-0.4, -0.2) is 23.3 Å². The maximum absolute atomic E-state index is 6.31. The summed E-state index contributed by atoms with van der Waals surface area (Å²) in [7, 11) is -0.274. The zero-order chi connectivity index (χ0) is 26.9. The third kappa shape index (κ3) is 4.02. The third-order valence-electron chi connectivity index (χ3n) is 8.92. The van der Waals surface area contributed by atoms with Gasteiger partial charge in [-0.1, -0.05) is 79.4 Å². The number of nitrogens with zero attached hydrogens (tertiary/aromatic N) is 1.